The Kier molecular flexibility index (Phi) is 7.27. The summed E-state index contributed by atoms with van der Waals surface area (Å²) < 4.78 is 10.9. The second-order valence-corrected chi connectivity index (χ2v) is 7.41. The standard InChI is InChI=1S/C26H23N5O4/c1-2-34-24-12-17(9-10-23(24)35-16-25(27)32)14-29-31-26(33)20-13-22(18-6-5-11-28-15-18)30-21-8-4-3-7-19(20)21/h3-15H,2,16H2,1H3,(H2,27,32)(H,31,33)/b29-14+. The van der Waals surface area contributed by atoms with Crippen LogP contribution < -0.4 is 20.6 Å². The van der Waals surface area contributed by atoms with Crippen molar-refractivity contribution in [2.45, 2.75) is 6.92 Å². The van der Waals surface area contributed by atoms with Crippen LogP contribution in [0.5, 0.6) is 11.5 Å². The van der Waals surface area contributed by atoms with Gasteiger partial charge < -0.3 is 15.2 Å². The number of hydrogen-bond donors (Lipinski definition) is 2. The Morgan fingerprint density at radius 1 is 1.06 bits per heavy atom. The number of benzene rings is 2. The number of amides is 2. The first kappa shape index (κ1) is 23.4. The first-order valence-corrected chi connectivity index (χ1v) is 10.9. The lowest BCUT2D eigenvalue weighted by Crippen LogP contribution is -2.20. The van der Waals surface area contributed by atoms with Gasteiger partial charge in [-0.25, -0.2) is 10.4 Å². The normalized spacial score (nSPS) is 10.9. The molecular weight excluding hydrogens is 446 g/mol. The number of nitrogens with one attached hydrogen (secondary N) is 1. The molecule has 0 saturated carbocycles. The molecule has 4 rings (SSSR count). The number of hydrogen-bond acceptors (Lipinski definition) is 7. The highest BCUT2D eigenvalue weighted by Crippen LogP contribution is 2.28. The Morgan fingerprint density at radius 3 is 2.69 bits per heavy atom. The van der Waals surface area contributed by atoms with Crippen LogP contribution in [0.25, 0.3) is 22.2 Å². The lowest BCUT2D eigenvalue weighted by Gasteiger charge is -2.11. The molecule has 0 unspecified atom stereocenters. The van der Waals surface area contributed by atoms with Crippen molar-refractivity contribution < 1.29 is 19.1 Å². The number of pyridine rings is 2. The van der Waals surface area contributed by atoms with Gasteiger partial charge in [-0.05, 0) is 55.0 Å². The van der Waals surface area contributed by atoms with Gasteiger partial charge in [-0.15, -0.1) is 0 Å². The summed E-state index contributed by atoms with van der Waals surface area (Å²) in [5.74, 6) is -0.143. The molecule has 4 aromatic rings. The third-order valence-electron chi connectivity index (χ3n) is 4.94. The van der Waals surface area contributed by atoms with E-state index >= 15 is 0 Å². The van der Waals surface area contributed by atoms with E-state index in [0.29, 0.717) is 45.8 Å². The number of primary amides is 1. The number of ether oxygens (including phenoxy) is 2. The zero-order chi connectivity index (χ0) is 24.6. The quantitative estimate of drug-likeness (QED) is 0.286. The van der Waals surface area contributed by atoms with Crippen molar-refractivity contribution in [2.24, 2.45) is 10.8 Å². The molecule has 35 heavy (non-hydrogen) atoms. The van der Waals surface area contributed by atoms with Gasteiger partial charge >= 0.3 is 0 Å². The van der Waals surface area contributed by atoms with Gasteiger partial charge in [0.1, 0.15) is 0 Å². The van der Waals surface area contributed by atoms with Crippen LogP contribution in [0.4, 0.5) is 0 Å². The van der Waals surface area contributed by atoms with Crippen molar-refractivity contribution in [1.82, 2.24) is 15.4 Å². The van der Waals surface area contributed by atoms with E-state index in [2.05, 4.69) is 20.5 Å². The number of carbonyl (C=O) groups is 2. The van der Waals surface area contributed by atoms with E-state index in [1.807, 2.05) is 43.3 Å². The van der Waals surface area contributed by atoms with Gasteiger partial charge in [-0.3, -0.25) is 14.6 Å². The van der Waals surface area contributed by atoms with E-state index in [4.69, 9.17) is 15.2 Å². The third kappa shape index (κ3) is 5.77. The topological polar surface area (TPSA) is 129 Å². The SMILES string of the molecule is CCOc1cc(/C=N/NC(=O)c2cc(-c3cccnc3)nc3ccccc23)ccc1OCC(N)=O. The number of aromatic nitrogens is 2. The van der Waals surface area contributed by atoms with Crippen LogP contribution in [-0.4, -0.2) is 41.2 Å². The Hall–Kier alpha value is -4.79. The summed E-state index contributed by atoms with van der Waals surface area (Å²) in [6.07, 6.45) is 4.87. The van der Waals surface area contributed by atoms with Crippen molar-refractivity contribution in [3.05, 3.63) is 84.2 Å². The molecule has 2 amide bonds. The van der Waals surface area contributed by atoms with Crippen LogP contribution in [0.1, 0.15) is 22.8 Å². The van der Waals surface area contributed by atoms with E-state index in [1.165, 1.54) is 6.21 Å². The van der Waals surface area contributed by atoms with Crippen LogP contribution in [0, 0.1) is 0 Å². The van der Waals surface area contributed by atoms with Crippen molar-refractivity contribution in [1.29, 1.82) is 0 Å². The minimum Gasteiger partial charge on any atom is -0.490 e. The molecule has 2 aromatic heterocycles. The summed E-state index contributed by atoms with van der Waals surface area (Å²) in [5.41, 5.74) is 11.0. The molecule has 3 N–H and O–H groups in total. The number of carbonyl (C=O) groups excluding carboxylic acids is 2. The summed E-state index contributed by atoms with van der Waals surface area (Å²) in [4.78, 5) is 32.9. The van der Waals surface area contributed by atoms with Crippen molar-refractivity contribution >= 4 is 28.9 Å². The largest absolute Gasteiger partial charge is 0.490 e. The van der Waals surface area contributed by atoms with Gasteiger partial charge in [-0.2, -0.15) is 5.10 Å². The van der Waals surface area contributed by atoms with Gasteiger partial charge in [0.25, 0.3) is 11.8 Å². The van der Waals surface area contributed by atoms with Crippen LogP contribution in [0.15, 0.2) is 78.2 Å². The Morgan fingerprint density at radius 2 is 1.91 bits per heavy atom. The molecule has 0 spiro atoms. The predicted octanol–water partition coefficient (Wildman–Crippen LogP) is 3.32. The molecule has 176 valence electrons. The molecular formula is C26H23N5O4. The summed E-state index contributed by atoms with van der Waals surface area (Å²) in [6, 6.07) is 17.9. The Bertz CT molecular complexity index is 1390. The van der Waals surface area contributed by atoms with E-state index in [1.54, 1.807) is 36.7 Å². The Labute approximate surface area is 201 Å². The molecule has 0 bridgehead atoms. The van der Waals surface area contributed by atoms with Crippen LogP contribution in [-0.2, 0) is 4.79 Å². The number of nitrogens with two attached hydrogens (primary N) is 1. The number of fused-ring (bicyclic) bond motifs is 1. The summed E-state index contributed by atoms with van der Waals surface area (Å²) in [7, 11) is 0. The smallest absolute Gasteiger partial charge is 0.272 e. The van der Waals surface area contributed by atoms with Crippen LogP contribution >= 0.6 is 0 Å². The number of hydrazone groups is 1. The average Bonchev–Trinajstić information content (AvgIpc) is 2.88. The molecule has 0 fully saturated rings. The fraction of sp³-hybridized carbons (Fsp3) is 0.115. The van der Waals surface area contributed by atoms with Gasteiger partial charge in [0.2, 0.25) is 0 Å². The summed E-state index contributed by atoms with van der Waals surface area (Å²) >= 11 is 0. The first-order chi connectivity index (χ1) is 17.0. The fourth-order valence-electron chi connectivity index (χ4n) is 3.39. The number of nitrogens with zero attached hydrogens (tertiary/aromatic N) is 3. The highest BCUT2D eigenvalue weighted by Gasteiger charge is 2.14. The summed E-state index contributed by atoms with van der Waals surface area (Å²) in [6.45, 7) is 1.97. The second kappa shape index (κ2) is 10.9. The lowest BCUT2D eigenvalue weighted by molar-refractivity contribution is -0.119. The van der Waals surface area contributed by atoms with Gasteiger partial charge in [0.15, 0.2) is 18.1 Å². The Balaban J connectivity index is 1.56. The average molecular weight is 470 g/mol. The summed E-state index contributed by atoms with van der Waals surface area (Å²) in [5, 5.41) is 4.82. The molecule has 0 saturated heterocycles. The molecule has 0 aliphatic rings. The molecule has 2 heterocycles. The molecule has 0 aliphatic heterocycles. The number of para-hydroxylation sites is 1. The third-order valence-corrected chi connectivity index (χ3v) is 4.94. The molecule has 9 nitrogen and oxygen atoms in total. The zero-order valence-corrected chi connectivity index (χ0v) is 19.0. The van der Waals surface area contributed by atoms with Crippen molar-refractivity contribution in [3.8, 4) is 22.8 Å². The second-order valence-electron chi connectivity index (χ2n) is 7.41. The number of rotatable bonds is 9. The van der Waals surface area contributed by atoms with E-state index in [-0.39, 0.29) is 12.5 Å². The zero-order valence-electron chi connectivity index (χ0n) is 19.0. The molecule has 0 radical (unpaired) electrons. The van der Waals surface area contributed by atoms with Crippen molar-refractivity contribution in [3.63, 3.8) is 0 Å². The monoisotopic (exact) mass is 469 g/mol. The highest BCUT2D eigenvalue weighted by molar-refractivity contribution is 6.07. The van der Waals surface area contributed by atoms with Crippen LogP contribution in [0.3, 0.4) is 0 Å². The van der Waals surface area contributed by atoms with Gasteiger partial charge in [0.05, 0.1) is 29.6 Å². The fourth-order valence-corrected chi connectivity index (χ4v) is 3.39. The minimum absolute atomic E-state index is 0.259. The van der Waals surface area contributed by atoms with Crippen molar-refractivity contribution in [2.75, 3.05) is 13.2 Å². The molecule has 2 aromatic carbocycles. The maximum absolute atomic E-state index is 13.0. The first-order valence-electron chi connectivity index (χ1n) is 10.9. The van der Waals surface area contributed by atoms with Crippen LogP contribution in [0.2, 0.25) is 0 Å². The molecule has 9 heteroatoms. The minimum atomic E-state index is -0.587. The van der Waals surface area contributed by atoms with Gasteiger partial charge in [0, 0.05) is 23.3 Å². The van der Waals surface area contributed by atoms with E-state index in [0.717, 1.165) is 5.56 Å². The molecule has 0 atom stereocenters. The maximum atomic E-state index is 13.0. The van der Waals surface area contributed by atoms with E-state index in [9.17, 15) is 9.59 Å². The highest BCUT2D eigenvalue weighted by atomic mass is 16.5. The molecule has 0 aliphatic carbocycles. The van der Waals surface area contributed by atoms with Gasteiger partial charge in [-0.1, -0.05) is 18.2 Å². The predicted molar refractivity (Wildman–Crippen MR) is 132 cm³/mol. The lowest BCUT2D eigenvalue weighted by atomic mass is 10.0. The van der Waals surface area contributed by atoms with E-state index < -0.39 is 5.91 Å². The maximum Gasteiger partial charge on any atom is 0.272 e.